The van der Waals surface area contributed by atoms with E-state index in [1.807, 2.05) is 19.1 Å². The molecule has 2 aromatic carbocycles. The molecular weight excluding hydrogens is 310 g/mol. The summed E-state index contributed by atoms with van der Waals surface area (Å²) in [6.45, 7) is 6.11. The maximum absolute atomic E-state index is 12.2. The molecule has 0 spiro atoms. The minimum atomic E-state index is -3.77. The maximum Gasteiger partial charge on any atom is 0.313 e. The predicted octanol–water partition coefficient (Wildman–Crippen LogP) is 3.90. The molecule has 0 fully saturated rings. The van der Waals surface area contributed by atoms with E-state index in [2.05, 4.69) is 13.8 Å². The van der Waals surface area contributed by atoms with Crippen LogP contribution in [0, 0.1) is 18.3 Å². The van der Waals surface area contributed by atoms with Crippen molar-refractivity contribution in [2.45, 2.75) is 32.4 Å². The molecule has 0 aliphatic carbocycles. The predicted molar refractivity (Wildman–Crippen MR) is 89.7 cm³/mol. The molecule has 120 valence electrons. The summed E-state index contributed by atoms with van der Waals surface area (Å²) in [5.41, 5.74) is 3.12. The Balaban J connectivity index is 2.18. The van der Waals surface area contributed by atoms with Crippen LogP contribution >= 0.6 is 0 Å². The first-order chi connectivity index (χ1) is 10.8. The lowest BCUT2D eigenvalue weighted by atomic mass is 9.98. The van der Waals surface area contributed by atoms with Crippen molar-refractivity contribution in [2.24, 2.45) is 0 Å². The van der Waals surface area contributed by atoms with Crippen molar-refractivity contribution in [1.82, 2.24) is 0 Å². The van der Waals surface area contributed by atoms with Gasteiger partial charge in [0.15, 0.2) is 0 Å². The summed E-state index contributed by atoms with van der Waals surface area (Å²) in [4.78, 5) is 0. The molecule has 0 aliphatic rings. The number of rotatable bonds is 5. The molecule has 0 saturated heterocycles. The number of hydrogen-bond acceptors (Lipinski definition) is 4. The summed E-state index contributed by atoms with van der Waals surface area (Å²) in [7, 11) is -3.77. The second kappa shape index (κ2) is 6.84. The number of aryl methyl sites for hydroxylation is 1. The molecule has 0 aromatic heterocycles. The van der Waals surface area contributed by atoms with Gasteiger partial charge in [-0.25, -0.2) is 0 Å². The molecule has 0 heterocycles. The third kappa shape index (κ3) is 4.57. The summed E-state index contributed by atoms with van der Waals surface area (Å²) in [6, 6.07) is 13.8. The molecule has 2 aromatic rings. The zero-order valence-corrected chi connectivity index (χ0v) is 14.2. The second-order valence-electron chi connectivity index (χ2n) is 5.77. The Kier molecular flexibility index (Phi) is 5.07. The van der Waals surface area contributed by atoms with E-state index in [1.165, 1.54) is 0 Å². The largest absolute Gasteiger partial charge is 0.382 e. The minimum absolute atomic E-state index is 0.270. The van der Waals surface area contributed by atoms with Crippen molar-refractivity contribution in [1.29, 1.82) is 5.26 Å². The lowest BCUT2D eigenvalue weighted by Crippen LogP contribution is -2.12. The summed E-state index contributed by atoms with van der Waals surface area (Å²) < 4.78 is 29.6. The van der Waals surface area contributed by atoms with Crippen LogP contribution in [0.15, 0.2) is 42.5 Å². The highest BCUT2D eigenvalue weighted by molar-refractivity contribution is 7.86. The third-order valence-electron chi connectivity index (χ3n) is 3.49. The quantitative estimate of drug-likeness (QED) is 0.780. The Morgan fingerprint density at radius 2 is 1.91 bits per heavy atom. The van der Waals surface area contributed by atoms with Crippen LogP contribution in [-0.2, 0) is 15.9 Å². The van der Waals surface area contributed by atoms with Crippen molar-refractivity contribution in [3.8, 4) is 11.8 Å². The molecule has 0 N–H and O–H groups in total. The van der Waals surface area contributed by atoms with Crippen LogP contribution in [0.3, 0.4) is 0 Å². The van der Waals surface area contributed by atoms with Gasteiger partial charge in [0, 0.05) is 0 Å². The van der Waals surface area contributed by atoms with Crippen LogP contribution in [-0.4, -0.2) is 8.42 Å². The topological polar surface area (TPSA) is 67.2 Å². The van der Waals surface area contributed by atoms with Crippen LogP contribution in [0.25, 0.3) is 0 Å². The molecule has 23 heavy (non-hydrogen) atoms. The fourth-order valence-corrected chi connectivity index (χ4v) is 3.50. The van der Waals surface area contributed by atoms with Crippen LogP contribution in [0.1, 0.15) is 42.0 Å². The molecule has 0 amide bonds. The van der Waals surface area contributed by atoms with Gasteiger partial charge in [-0.15, -0.1) is 0 Å². The summed E-state index contributed by atoms with van der Waals surface area (Å²) in [5.74, 6) is 0.408. The lowest BCUT2D eigenvalue weighted by molar-refractivity contribution is 0.484. The fourth-order valence-electron chi connectivity index (χ4n) is 2.46. The lowest BCUT2D eigenvalue weighted by Gasteiger charge is -2.12. The van der Waals surface area contributed by atoms with Gasteiger partial charge in [-0.2, -0.15) is 13.7 Å². The van der Waals surface area contributed by atoms with Crippen LogP contribution in [0.5, 0.6) is 5.75 Å². The summed E-state index contributed by atoms with van der Waals surface area (Å²) >= 11 is 0. The zero-order chi connectivity index (χ0) is 17.0. The van der Waals surface area contributed by atoms with E-state index in [1.54, 1.807) is 36.4 Å². The van der Waals surface area contributed by atoms with Crippen molar-refractivity contribution >= 4 is 10.1 Å². The van der Waals surface area contributed by atoms with Crippen LogP contribution in [0.2, 0.25) is 0 Å². The smallest absolute Gasteiger partial charge is 0.313 e. The van der Waals surface area contributed by atoms with Crippen LogP contribution in [0.4, 0.5) is 0 Å². The highest BCUT2D eigenvalue weighted by atomic mass is 32.2. The van der Waals surface area contributed by atoms with E-state index in [4.69, 9.17) is 9.44 Å². The standard InChI is InChI=1S/C18H19NO3S/c1-13(2)18-8-7-17(9-14(18)3)22-23(20,21)12-16-6-4-5-15(10-16)11-19/h4-10,13H,12H2,1-3H3. The second-order valence-corrected chi connectivity index (χ2v) is 7.34. The number of benzene rings is 2. The first-order valence-electron chi connectivity index (χ1n) is 7.32. The fraction of sp³-hybridized carbons (Fsp3) is 0.278. The minimum Gasteiger partial charge on any atom is -0.382 e. The molecule has 4 nitrogen and oxygen atoms in total. The molecule has 0 bridgehead atoms. The zero-order valence-electron chi connectivity index (χ0n) is 13.4. The summed E-state index contributed by atoms with van der Waals surface area (Å²) in [5, 5.41) is 8.87. The third-order valence-corrected chi connectivity index (χ3v) is 4.62. The Labute approximate surface area is 137 Å². The Bertz CT molecular complexity index is 849. The van der Waals surface area contributed by atoms with Gasteiger partial charge in [0.25, 0.3) is 0 Å². The van der Waals surface area contributed by atoms with Gasteiger partial charge in [0.05, 0.1) is 11.6 Å². The number of hydrogen-bond donors (Lipinski definition) is 0. The van der Waals surface area contributed by atoms with Gasteiger partial charge in [0.2, 0.25) is 0 Å². The molecule has 2 rings (SSSR count). The van der Waals surface area contributed by atoms with Crippen molar-refractivity contribution in [3.63, 3.8) is 0 Å². The SMILES string of the molecule is Cc1cc(OS(=O)(=O)Cc2cccc(C#N)c2)ccc1C(C)C. The Morgan fingerprint density at radius 1 is 1.17 bits per heavy atom. The number of nitrogens with zero attached hydrogens (tertiary/aromatic N) is 1. The average molecular weight is 329 g/mol. The van der Waals surface area contributed by atoms with Crippen molar-refractivity contribution in [2.75, 3.05) is 0 Å². The van der Waals surface area contributed by atoms with Crippen molar-refractivity contribution in [3.05, 3.63) is 64.7 Å². The molecule has 0 aliphatic heterocycles. The monoisotopic (exact) mass is 329 g/mol. The van der Waals surface area contributed by atoms with E-state index >= 15 is 0 Å². The highest BCUT2D eigenvalue weighted by Gasteiger charge is 2.15. The van der Waals surface area contributed by atoms with E-state index in [-0.39, 0.29) is 5.75 Å². The molecule has 0 saturated carbocycles. The number of nitriles is 1. The van der Waals surface area contributed by atoms with Gasteiger partial charge < -0.3 is 4.18 Å². The van der Waals surface area contributed by atoms with E-state index < -0.39 is 10.1 Å². The Morgan fingerprint density at radius 3 is 2.52 bits per heavy atom. The first-order valence-corrected chi connectivity index (χ1v) is 8.90. The van der Waals surface area contributed by atoms with Gasteiger partial charge in [-0.3, -0.25) is 0 Å². The van der Waals surface area contributed by atoms with E-state index in [0.717, 1.165) is 11.1 Å². The van der Waals surface area contributed by atoms with Gasteiger partial charge in [-0.1, -0.05) is 32.0 Å². The van der Waals surface area contributed by atoms with Crippen LogP contribution < -0.4 is 4.18 Å². The molecule has 0 radical (unpaired) electrons. The Hall–Kier alpha value is -2.32. The molecular formula is C18H19NO3S. The van der Waals surface area contributed by atoms with E-state index in [9.17, 15) is 8.42 Å². The van der Waals surface area contributed by atoms with E-state index in [0.29, 0.717) is 22.8 Å². The summed E-state index contributed by atoms with van der Waals surface area (Å²) in [6.07, 6.45) is 0. The van der Waals surface area contributed by atoms with Gasteiger partial charge >= 0.3 is 10.1 Å². The van der Waals surface area contributed by atoms with Gasteiger partial charge in [0.1, 0.15) is 11.5 Å². The maximum atomic E-state index is 12.2. The average Bonchev–Trinajstić information content (AvgIpc) is 2.46. The van der Waals surface area contributed by atoms with Crippen molar-refractivity contribution < 1.29 is 12.6 Å². The molecule has 0 unspecified atom stereocenters. The first kappa shape index (κ1) is 17.0. The molecule has 0 atom stereocenters. The normalized spacial score (nSPS) is 11.3. The van der Waals surface area contributed by atoms with Gasteiger partial charge in [-0.05, 0) is 53.8 Å². The highest BCUT2D eigenvalue weighted by Crippen LogP contribution is 2.25. The molecule has 5 heteroatoms.